The van der Waals surface area contributed by atoms with E-state index in [9.17, 15) is 10.0 Å². The van der Waals surface area contributed by atoms with Gasteiger partial charge in [-0.05, 0) is 6.92 Å². The molecule has 0 aromatic rings. The number of nitrogens with zero attached hydrogens (tertiary/aromatic N) is 1. The molecule has 76 valence electrons. The normalized spacial score (nSPS) is 46.0. The number of hydrogen-bond acceptors (Lipinski definition) is 5. The Bertz CT molecular complexity index is 187. The van der Waals surface area contributed by atoms with Gasteiger partial charge in [0.1, 0.15) is 18.2 Å². The summed E-state index contributed by atoms with van der Waals surface area (Å²) < 4.78 is 5.29. The largest absolute Gasteiger partial charge is 0.394 e. The fourth-order valence-corrected chi connectivity index (χ4v) is 1.60. The molecule has 1 aliphatic heterocycles. The monoisotopic (exact) mass is 189 g/mol. The zero-order valence-corrected chi connectivity index (χ0v) is 7.75. The standard InChI is InChI=1S/C8H15NO4/c1-4-5(2)13-6(3-10)8(11)7(4)9-12/h4-8,10-11H,3H2,1-2H3. The third kappa shape index (κ3) is 1.87. The van der Waals surface area contributed by atoms with Gasteiger partial charge in [-0.25, -0.2) is 0 Å². The van der Waals surface area contributed by atoms with E-state index in [0.717, 1.165) is 0 Å². The first-order chi connectivity index (χ1) is 6.11. The van der Waals surface area contributed by atoms with Crippen LogP contribution in [-0.4, -0.2) is 41.2 Å². The predicted octanol–water partition coefficient (Wildman–Crippen LogP) is -0.102. The third-order valence-corrected chi connectivity index (χ3v) is 2.70. The number of rotatable bonds is 2. The summed E-state index contributed by atoms with van der Waals surface area (Å²) in [5.74, 6) is -0.115. The molecule has 1 fully saturated rings. The summed E-state index contributed by atoms with van der Waals surface area (Å²) in [6, 6.07) is -0.680. The van der Waals surface area contributed by atoms with Gasteiger partial charge in [-0.1, -0.05) is 12.1 Å². The molecule has 0 aromatic carbocycles. The van der Waals surface area contributed by atoms with Gasteiger partial charge in [-0.3, -0.25) is 0 Å². The summed E-state index contributed by atoms with van der Waals surface area (Å²) in [4.78, 5) is 10.4. The van der Waals surface area contributed by atoms with Crippen LogP contribution in [0.15, 0.2) is 5.18 Å². The molecule has 1 heterocycles. The highest BCUT2D eigenvalue weighted by molar-refractivity contribution is 4.92. The lowest BCUT2D eigenvalue weighted by Gasteiger charge is -2.38. The second-order valence-electron chi connectivity index (χ2n) is 3.51. The van der Waals surface area contributed by atoms with Crippen molar-refractivity contribution in [2.24, 2.45) is 11.1 Å². The summed E-state index contributed by atoms with van der Waals surface area (Å²) in [7, 11) is 0. The van der Waals surface area contributed by atoms with E-state index in [1.165, 1.54) is 0 Å². The lowest BCUT2D eigenvalue weighted by Crippen LogP contribution is -2.53. The number of nitroso groups, excluding NO2 is 1. The van der Waals surface area contributed by atoms with Gasteiger partial charge in [-0.2, -0.15) is 4.91 Å². The first kappa shape index (κ1) is 10.6. The summed E-state index contributed by atoms with van der Waals surface area (Å²) in [5.41, 5.74) is 0. The lowest BCUT2D eigenvalue weighted by molar-refractivity contribution is -0.157. The van der Waals surface area contributed by atoms with Crippen molar-refractivity contribution < 1.29 is 14.9 Å². The van der Waals surface area contributed by atoms with E-state index in [2.05, 4.69) is 5.18 Å². The van der Waals surface area contributed by atoms with Crippen LogP contribution in [0.4, 0.5) is 0 Å². The molecule has 5 heteroatoms. The van der Waals surface area contributed by atoms with Crippen molar-refractivity contribution in [3.63, 3.8) is 0 Å². The van der Waals surface area contributed by atoms with E-state index in [1.54, 1.807) is 13.8 Å². The number of aliphatic hydroxyl groups is 2. The van der Waals surface area contributed by atoms with Crippen molar-refractivity contribution in [2.45, 2.75) is 38.2 Å². The molecule has 0 aromatic heterocycles. The highest BCUT2D eigenvalue weighted by Gasteiger charge is 2.41. The van der Waals surface area contributed by atoms with Crippen molar-refractivity contribution >= 4 is 0 Å². The van der Waals surface area contributed by atoms with Gasteiger partial charge in [0.15, 0.2) is 0 Å². The van der Waals surface area contributed by atoms with Gasteiger partial charge in [0.05, 0.1) is 12.7 Å². The van der Waals surface area contributed by atoms with Crippen LogP contribution in [0.3, 0.4) is 0 Å². The molecule has 0 amide bonds. The fraction of sp³-hybridized carbons (Fsp3) is 1.00. The van der Waals surface area contributed by atoms with Gasteiger partial charge >= 0.3 is 0 Å². The average Bonchev–Trinajstić information content (AvgIpc) is 2.12. The zero-order valence-electron chi connectivity index (χ0n) is 7.75. The molecule has 1 aliphatic rings. The first-order valence-electron chi connectivity index (χ1n) is 4.38. The molecular formula is C8H15NO4. The van der Waals surface area contributed by atoms with Crippen LogP contribution >= 0.6 is 0 Å². The average molecular weight is 189 g/mol. The van der Waals surface area contributed by atoms with Crippen molar-refractivity contribution in [3.05, 3.63) is 4.91 Å². The minimum Gasteiger partial charge on any atom is -0.394 e. The molecule has 1 rings (SSSR count). The van der Waals surface area contributed by atoms with Crippen LogP contribution in [0.1, 0.15) is 13.8 Å². The minimum atomic E-state index is -0.992. The third-order valence-electron chi connectivity index (χ3n) is 2.70. The predicted molar refractivity (Wildman–Crippen MR) is 46.2 cm³/mol. The second kappa shape index (κ2) is 4.13. The summed E-state index contributed by atoms with van der Waals surface area (Å²) in [5, 5.41) is 21.3. The van der Waals surface area contributed by atoms with E-state index in [1.807, 2.05) is 0 Å². The summed E-state index contributed by atoms with van der Waals surface area (Å²) >= 11 is 0. The van der Waals surface area contributed by atoms with Crippen LogP contribution in [0.25, 0.3) is 0 Å². The second-order valence-corrected chi connectivity index (χ2v) is 3.51. The topological polar surface area (TPSA) is 79.1 Å². The zero-order chi connectivity index (χ0) is 10.0. The van der Waals surface area contributed by atoms with E-state index in [0.29, 0.717) is 0 Å². The van der Waals surface area contributed by atoms with Crippen molar-refractivity contribution in [3.8, 4) is 0 Å². The molecule has 5 unspecified atom stereocenters. The van der Waals surface area contributed by atoms with Crippen molar-refractivity contribution in [2.75, 3.05) is 6.61 Å². The van der Waals surface area contributed by atoms with Gasteiger partial charge in [0.2, 0.25) is 0 Å². The SMILES string of the molecule is CC1OC(CO)C(O)C(N=O)C1C. The van der Waals surface area contributed by atoms with Crippen LogP contribution < -0.4 is 0 Å². The fourth-order valence-electron chi connectivity index (χ4n) is 1.60. The van der Waals surface area contributed by atoms with Gasteiger partial charge in [0.25, 0.3) is 0 Å². The Balaban J connectivity index is 2.74. The van der Waals surface area contributed by atoms with E-state index < -0.39 is 18.2 Å². The molecule has 0 radical (unpaired) electrons. The van der Waals surface area contributed by atoms with E-state index in [-0.39, 0.29) is 18.6 Å². The molecule has 5 atom stereocenters. The number of ether oxygens (including phenoxy) is 1. The van der Waals surface area contributed by atoms with Crippen LogP contribution in [0.5, 0.6) is 0 Å². The Morgan fingerprint density at radius 2 is 2.08 bits per heavy atom. The molecular weight excluding hydrogens is 174 g/mol. The van der Waals surface area contributed by atoms with Crippen LogP contribution in [0.2, 0.25) is 0 Å². The van der Waals surface area contributed by atoms with E-state index >= 15 is 0 Å². The van der Waals surface area contributed by atoms with Crippen LogP contribution in [0, 0.1) is 10.8 Å². The Morgan fingerprint density at radius 3 is 2.54 bits per heavy atom. The Labute approximate surface area is 76.7 Å². The molecule has 0 aliphatic carbocycles. The minimum absolute atomic E-state index is 0.115. The Hall–Kier alpha value is -0.520. The highest BCUT2D eigenvalue weighted by Crippen LogP contribution is 2.27. The van der Waals surface area contributed by atoms with Gasteiger partial charge < -0.3 is 14.9 Å². The molecule has 2 N–H and O–H groups in total. The molecule has 0 spiro atoms. The highest BCUT2D eigenvalue weighted by atomic mass is 16.5. The Kier molecular flexibility index (Phi) is 3.35. The maximum absolute atomic E-state index is 10.4. The first-order valence-corrected chi connectivity index (χ1v) is 4.38. The van der Waals surface area contributed by atoms with Crippen molar-refractivity contribution in [1.82, 2.24) is 0 Å². The quantitative estimate of drug-likeness (QED) is 0.594. The van der Waals surface area contributed by atoms with Crippen LogP contribution in [-0.2, 0) is 4.74 Å². The van der Waals surface area contributed by atoms with Gasteiger partial charge in [-0.15, -0.1) is 0 Å². The lowest BCUT2D eigenvalue weighted by atomic mass is 9.87. The van der Waals surface area contributed by atoms with E-state index in [4.69, 9.17) is 9.84 Å². The number of hydrogen-bond donors (Lipinski definition) is 2. The smallest absolute Gasteiger partial charge is 0.125 e. The number of aliphatic hydroxyl groups excluding tert-OH is 2. The molecule has 13 heavy (non-hydrogen) atoms. The van der Waals surface area contributed by atoms with Gasteiger partial charge in [0, 0.05) is 5.92 Å². The Morgan fingerprint density at radius 1 is 1.46 bits per heavy atom. The van der Waals surface area contributed by atoms with Crippen molar-refractivity contribution in [1.29, 1.82) is 0 Å². The maximum Gasteiger partial charge on any atom is 0.125 e. The summed E-state index contributed by atoms with van der Waals surface area (Å²) in [6.45, 7) is 3.31. The molecule has 5 nitrogen and oxygen atoms in total. The molecule has 1 saturated heterocycles. The molecule has 0 saturated carbocycles. The summed E-state index contributed by atoms with van der Waals surface area (Å²) in [6.07, 6.45) is -1.84. The maximum atomic E-state index is 10.4. The molecule has 0 bridgehead atoms.